The van der Waals surface area contributed by atoms with Crippen LogP contribution < -0.4 is 10.3 Å². The summed E-state index contributed by atoms with van der Waals surface area (Å²) in [5, 5.41) is 22.7. The molecule has 9 heteroatoms. The van der Waals surface area contributed by atoms with Crippen LogP contribution in [0.25, 0.3) is 33.0 Å². The van der Waals surface area contributed by atoms with Crippen molar-refractivity contribution < 1.29 is 21.9 Å². The van der Waals surface area contributed by atoms with Gasteiger partial charge in [-0.3, -0.25) is 0 Å². The van der Waals surface area contributed by atoms with Crippen LogP contribution >= 0.6 is 0 Å². The molecule has 0 aliphatic heterocycles. The Hall–Kier alpha value is -3.24. The van der Waals surface area contributed by atoms with E-state index in [-0.39, 0.29) is 21.9 Å². The summed E-state index contributed by atoms with van der Waals surface area (Å²) in [6, 6.07) is 18.7. The minimum Gasteiger partial charge on any atom is -0.506 e. The van der Waals surface area contributed by atoms with E-state index < -0.39 is 35.6 Å². The Labute approximate surface area is 192 Å². The number of fused-ring (bicyclic) bond motifs is 1. The number of aryl methyl sites for hydroxylation is 2. The molecule has 170 valence electrons. The molecule has 0 aliphatic carbocycles. The smallest absolute Gasteiger partial charge is 0.242 e. The van der Waals surface area contributed by atoms with Gasteiger partial charge in [0, 0.05) is 16.3 Å². The van der Waals surface area contributed by atoms with E-state index in [9.17, 15) is 21.9 Å². The van der Waals surface area contributed by atoms with Crippen molar-refractivity contribution in [2.75, 3.05) is 0 Å². The highest BCUT2D eigenvalue weighted by atomic mass is 32.2. The molecule has 0 unspecified atom stereocenters. The second kappa shape index (κ2) is 7.96. The minimum absolute atomic E-state index is 0.0391. The number of rotatable bonds is 4. The third-order valence-electron chi connectivity index (χ3n) is 5.63. The first-order valence-corrected chi connectivity index (χ1v) is 13.0. The van der Waals surface area contributed by atoms with E-state index in [1.165, 1.54) is 6.07 Å². The number of sulfonamides is 2. The van der Waals surface area contributed by atoms with Gasteiger partial charge in [-0.25, -0.2) is 27.1 Å². The fraction of sp³-hybridized carbons (Fsp3) is 0.0833. The summed E-state index contributed by atoms with van der Waals surface area (Å²) in [5.41, 5.74) is 2.62. The summed E-state index contributed by atoms with van der Waals surface area (Å²) in [6.07, 6.45) is 0. The second-order valence-corrected chi connectivity index (χ2v) is 10.8. The Bertz CT molecular complexity index is 1640. The van der Waals surface area contributed by atoms with Crippen LogP contribution in [0.3, 0.4) is 0 Å². The standard InChI is InChI=1S/C24H22N2O5S2/c1-14-8-3-5-10-16(14)18-12-7-13-19-20(18)22(27)24(33(26,30)31)21(23(19)32(25,28)29)17-11-6-4-9-15(17)2/h3-13,27H,1-2H3,(H2,25,28,29)(H2,26,30,31). The molecule has 0 atom stereocenters. The molecular weight excluding hydrogens is 460 g/mol. The molecular formula is C24H22N2O5S2. The fourth-order valence-corrected chi connectivity index (χ4v) is 6.14. The first-order chi connectivity index (χ1) is 15.4. The van der Waals surface area contributed by atoms with E-state index in [1.54, 1.807) is 55.5 Å². The van der Waals surface area contributed by atoms with Gasteiger partial charge >= 0.3 is 0 Å². The van der Waals surface area contributed by atoms with E-state index in [2.05, 4.69) is 0 Å². The maximum atomic E-state index is 12.9. The predicted molar refractivity (Wildman–Crippen MR) is 129 cm³/mol. The van der Waals surface area contributed by atoms with Crippen molar-refractivity contribution in [3.05, 3.63) is 77.9 Å². The Morgan fingerprint density at radius 3 is 1.64 bits per heavy atom. The Morgan fingerprint density at radius 1 is 0.636 bits per heavy atom. The summed E-state index contributed by atoms with van der Waals surface area (Å²) >= 11 is 0. The van der Waals surface area contributed by atoms with Crippen LogP contribution in [-0.2, 0) is 20.0 Å². The molecule has 4 aromatic carbocycles. The van der Waals surface area contributed by atoms with Gasteiger partial charge in [0.05, 0.1) is 4.90 Å². The SMILES string of the molecule is Cc1ccccc1-c1c(S(N)(=O)=O)c(O)c2c(-c3ccccc3C)cccc2c1S(N)(=O)=O. The topological polar surface area (TPSA) is 141 Å². The lowest BCUT2D eigenvalue weighted by Crippen LogP contribution is -2.19. The van der Waals surface area contributed by atoms with Crippen molar-refractivity contribution >= 4 is 30.8 Å². The van der Waals surface area contributed by atoms with Crippen molar-refractivity contribution in [3.8, 4) is 28.0 Å². The number of nitrogens with two attached hydrogens (primary N) is 2. The number of benzene rings is 4. The van der Waals surface area contributed by atoms with Gasteiger partial charge in [-0.1, -0.05) is 66.7 Å². The number of hydrogen-bond donors (Lipinski definition) is 3. The maximum absolute atomic E-state index is 12.9. The van der Waals surface area contributed by atoms with E-state index >= 15 is 0 Å². The predicted octanol–water partition coefficient (Wildman–Crippen LogP) is 3.79. The van der Waals surface area contributed by atoms with Crippen molar-refractivity contribution in [1.82, 2.24) is 0 Å². The monoisotopic (exact) mass is 482 g/mol. The molecule has 33 heavy (non-hydrogen) atoms. The Morgan fingerprint density at radius 2 is 1.12 bits per heavy atom. The Balaban J connectivity index is 2.38. The average molecular weight is 483 g/mol. The van der Waals surface area contributed by atoms with Gasteiger partial charge in [0.25, 0.3) is 0 Å². The molecule has 0 aromatic heterocycles. The highest BCUT2D eigenvalue weighted by Gasteiger charge is 2.33. The van der Waals surface area contributed by atoms with Gasteiger partial charge in [-0.15, -0.1) is 0 Å². The number of primary sulfonamides is 2. The Kier molecular flexibility index (Phi) is 5.53. The van der Waals surface area contributed by atoms with E-state index in [0.717, 1.165) is 5.56 Å². The first kappa shape index (κ1) is 22.9. The van der Waals surface area contributed by atoms with Crippen LogP contribution in [0.2, 0.25) is 0 Å². The van der Waals surface area contributed by atoms with Crippen molar-refractivity contribution in [3.63, 3.8) is 0 Å². The molecule has 0 saturated heterocycles. The van der Waals surface area contributed by atoms with Gasteiger partial charge < -0.3 is 5.11 Å². The highest BCUT2D eigenvalue weighted by molar-refractivity contribution is 7.90. The zero-order valence-electron chi connectivity index (χ0n) is 17.9. The molecule has 0 radical (unpaired) electrons. The molecule has 0 amide bonds. The first-order valence-electron chi connectivity index (χ1n) is 9.92. The maximum Gasteiger partial charge on any atom is 0.242 e. The van der Waals surface area contributed by atoms with Crippen LogP contribution in [0.5, 0.6) is 5.75 Å². The lowest BCUT2D eigenvalue weighted by molar-refractivity contribution is 0.465. The van der Waals surface area contributed by atoms with E-state index in [0.29, 0.717) is 16.7 Å². The summed E-state index contributed by atoms with van der Waals surface area (Å²) in [5.74, 6) is -0.628. The van der Waals surface area contributed by atoms with Crippen LogP contribution in [0.15, 0.2) is 76.5 Å². The minimum atomic E-state index is -4.58. The molecule has 0 saturated carbocycles. The molecule has 4 rings (SSSR count). The zero-order valence-corrected chi connectivity index (χ0v) is 19.5. The summed E-state index contributed by atoms with van der Waals surface area (Å²) in [6.45, 7) is 3.55. The van der Waals surface area contributed by atoms with Crippen molar-refractivity contribution in [1.29, 1.82) is 0 Å². The van der Waals surface area contributed by atoms with Gasteiger partial charge in [0.15, 0.2) is 0 Å². The number of aromatic hydroxyl groups is 1. The van der Waals surface area contributed by atoms with E-state index in [1.807, 2.05) is 19.1 Å². The lowest BCUT2D eigenvalue weighted by atomic mass is 9.91. The van der Waals surface area contributed by atoms with Gasteiger partial charge in [-0.05, 0) is 41.7 Å². The van der Waals surface area contributed by atoms with E-state index in [4.69, 9.17) is 10.3 Å². The van der Waals surface area contributed by atoms with Crippen LogP contribution in [-0.4, -0.2) is 21.9 Å². The third kappa shape index (κ3) is 3.89. The van der Waals surface area contributed by atoms with Crippen molar-refractivity contribution in [2.45, 2.75) is 23.6 Å². The summed E-state index contributed by atoms with van der Waals surface area (Å²) in [4.78, 5) is -1.10. The largest absolute Gasteiger partial charge is 0.506 e. The normalized spacial score (nSPS) is 12.2. The molecule has 4 aromatic rings. The number of phenolic OH excluding ortho intramolecular Hbond substituents is 1. The van der Waals surface area contributed by atoms with Crippen LogP contribution in [0.1, 0.15) is 11.1 Å². The summed E-state index contributed by atoms with van der Waals surface area (Å²) in [7, 11) is -9.05. The average Bonchev–Trinajstić information content (AvgIpc) is 2.72. The van der Waals surface area contributed by atoms with Crippen LogP contribution in [0.4, 0.5) is 0 Å². The quantitative estimate of drug-likeness (QED) is 0.406. The van der Waals surface area contributed by atoms with Crippen molar-refractivity contribution in [2.24, 2.45) is 10.3 Å². The molecule has 7 nitrogen and oxygen atoms in total. The number of phenols is 1. The molecule has 0 spiro atoms. The van der Waals surface area contributed by atoms with Crippen LogP contribution in [0, 0.1) is 13.8 Å². The zero-order chi connectivity index (χ0) is 24.1. The second-order valence-electron chi connectivity index (χ2n) is 7.83. The van der Waals surface area contributed by atoms with Gasteiger partial charge in [0.2, 0.25) is 20.0 Å². The molecule has 5 N–H and O–H groups in total. The molecule has 0 heterocycles. The van der Waals surface area contributed by atoms with Gasteiger partial charge in [-0.2, -0.15) is 0 Å². The third-order valence-corrected chi connectivity index (χ3v) is 7.59. The van der Waals surface area contributed by atoms with Gasteiger partial charge in [0.1, 0.15) is 10.6 Å². The molecule has 0 fully saturated rings. The molecule has 0 bridgehead atoms. The highest BCUT2D eigenvalue weighted by Crippen LogP contribution is 2.48. The lowest BCUT2D eigenvalue weighted by Gasteiger charge is -2.21. The fourth-order valence-electron chi connectivity index (χ4n) is 4.24. The molecule has 0 aliphatic rings. The number of hydrogen-bond acceptors (Lipinski definition) is 5. The summed E-state index contributed by atoms with van der Waals surface area (Å²) < 4.78 is 51.4.